The third-order valence-electron chi connectivity index (χ3n) is 8.05. The number of piperazine rings is 1. The van der Waals surface area contributed by atoms with Crippen LogP contribution in [0.25, 0.3) is 11.0 Å². The Morgan fingerprint density at radius 3 is 2.36 bits per heavy atom. The summed E-state index contributed by atoms with van der Waals surface area (Å²) in [7, 11) is 2.48. The second-order valence-corrected chi connectivity index (χ2v) is 19.2. The topological polar surface area (TPSA) is 78.2 Å². The van der Waals surface area contributed by atoms with Gasteiger partial charge in [-0.05, 0) is 57.2 Å². The number of imidazole rings is 1. The van der Waals surface area contributed by atoms with Gasteiger partial charge in [0.2, 0.25) is 0 Å². The smallest absolute Gasteiger partial charge is 0.410 e. The van der Waals surface area contributed by atoms with E-state index in [0.29, 0.717) is 25.6 Å². The molecule has 218 valence electrons. The van der Waals surface area contributed by atoms with Crippen molar-refractivity contribution in [2.75, 3.05) is 46.4 Å². The number of ether oxygens (including phenoxy) is 3. The Morgan fingerprint density at radius 2 is 1.77 bits per heavy atom. The van der Waals surface area contributed by atoms with Crippen molar-refractivity contribution < 1.29 is 19.0 Å². The average molecular weight is 561 g/mol. The largest absolute Gasteiger partial charge is 0.444 e. The Labute approximate surface area is 234 Å². The van der Waals surface area contributed by atoms with Crippen molar-refractivity contribution in [1.82, 2.24) is 18.9 Å². The lowest BCUT2D eigenvalue weighted by molar-refractivity contribution is -0.107. The number of aryl methyl sites for hydroxylation is 1. The summed E-state index contributed by atoms with van der Waals surface area (Å²) in [4.78, 5) is 29.8. The van der Waals surface area contributed by atoms with E-state index < -0.39 is 13.7 Å². The molecular formula is C29H48N4O5Si. The number of methoxy groups -OCH3 is 1. The van der Waals surface area contributed by atoms with Gasteiger partial charge in [-0.2, -0.15) is 0 Å². The highest BCUT2D eigenvalue weighted by molar-refractivity contribution is 6.76. The molecule has 0 bridgehead atoms. The first-order chi connectivity index (χ1) is 18.2. The Morgan fingerprint density at radius 1 is 1.10 bits per heavy atom. The van der Waals surface area contributed by atoms with Crippen molar-refractivity contribution in [1.29, 1.82) is 0 Å². The van der Waals surface area contributed by atoms with Crippen LogP contribution in [0.15, 0.2) is 23.0 Å². The number of hydrogen-bond acceptors (Lipinski definition) is 6. The molecule has 1 amide bonds. The van der Waals surface area contributed by atoms with E-state index in [9.17, 15) is 9.59 Å². The maximum Gasteiger partial charge on any atom is 0.410 e. The van der Waals surface area contributed by atoms with Gasteiger partial charge in [0.25, 0.3) is 0 Å². The van der Waals surface area contributed by atoms with Gasteiger partial charge in [-0.25, -0.2) is 9.59 Å². The SMILES string of the molecule is CO[C@]1(CN2CCN(C(=O)OC(C)(C)C)CC2)C[C@@H](c2cccc3c2n(C)c(=O)n3COCC[Si](C)(C)C)C1. The van der Waals surface area contributed by atoms with Crippen molar-refractivity contribution in [3.05, 3.63) is 34.2 Å². The molecule has 1 saturated carbocycles. The summed E-state index contributed by atoms with van der Waals surface area (Å²) in [5.41, 5.74) is 2.39. The summed E-state index contributed by atoms with van der Waals surface area (Å²) >= 11 is 0. The van der Waals surface area contributed by atoms with E-state index in [1.807, 2.05) is 33.9 Å². The number of hydrogen-bond donors (Lipinski definition) is 0. The van der Waals surface area contributed by atoms with Gasteiger partial charge < -0.3 is 19.1 Å². The van der Waals surface area contributed by atoms with Gasteiger partial charge in [0.05, 0.1) is 16.6 Å². The molecule has 2 heterocycles. The molecule has 0 atom stereocenters. The van der Waals surface area contributed by atoms with Gasteiger partial charge in [-0.3, -0.25) is 14.0 Å². The van der Waals surface area contributed by atoms with Crippen molar-refractivity contribution >= 4 is 25.2 Å². The van der Waals surface area contributed by atoms with Crippen molar-refractivity contribution in [3.8, 4) is 0 Å². The Bertz CT molecular complexity index is 1210. The van der Waals surface area contributed by atoms with Crippen LogP contribution in [0.3, 0.4) is 0 Å². The number of fused-ring (bicyclic) bond motifs is 1. The zero-order valence-electron chi connectivity index (χ0n) is 25.2. The summed E-state index contributed by atoms with van der Waals surface area (Å²) in [6.07, 6.45) is 1.57. The molecule has 2 aliphatic rings. The van der Waals surface area contributed by atoms with Crippen LogP contribution < -0.4 is 5.69 Å². The first kappa shape index (κ1) is 29.8. The molecule has 0 radical (unpaired) electrons. The van der Waals surface area contributed by atoms with E-state index in [0.717, 1.165) is 49.6 Å². The summed E-state index contributed by atoms with van der Waals surface area (Å²) in [6, 6.07) is 7.31. The Balaban J connectivity index is 1.39. The molecule has 0 spiro atoms. The molecule has 1 aromatic carbocycles. The van der Waals surface area contributed by atoms with E-state index in [2.05, 4.69) is 36.7 Å². The molecule has 2 fully saturated rings. The molecule has 2 aromatic rings. The predicted octanol–water partition coefficient (Wildman–Crippen LogP) is 4.47. The number of aromatic nitrogens is 2. The van der Waals surface area contributed by atoms with Crippen LogP contribution in [0, 0.1) is 0 Å². The van der Waals surface area contributed by atoms with Crippen LogP contribution in [-0.4, -0.2) is 90.7 Å². The number of benzene rings is 1. The van der Waals surface area contributed by atoms with E-state index in [1.54, 1.807) is 21.1 Å². The van der Waals surface area contributed by atoms with E-state index in [-0.39, 0.29) is 24.1 Å². The number of para-hydroxylation sites is 1. The lowest BCUT2D eigenvalue weighted by Crippen LogP contribution is -2.57. The lowest BCUT2D eigenvalue weighted by atomic mass is 9.67. The minimum absolute atomic E-state index is 0.0364. The Hall–Kier alpha value is -2.14. The van der Waals surface area contributed by atoms with Gasteiger partial charge in [-0.15, -0.1) is 0 Å². The standard InChI is InChI=1S/C29H48N4O5Si/c1-28(2,3)38-27(35)32-14-12-31(13-15-32)20-29(36-5)18-22(19-29)23-10-9-11-24-25(23)30(4)26(34)33(24)21-37-16-17-39(6,7)8/h9-11,22H,12-21H2,1-8H3/t22-,29-. The fourth-order valence-corrected chi connectivity index (χ4v) is 6.50. The van der Waals surface area contributed by atoms with Crippen LogP contribution in [0.4, 0.5) is 4.79 Å². The normalized spacial score (nSPS) is 22.8. The second-order valence-electron chi connectivity index (χ2n) is 13.6. The van der Waals surface area contributed by atoms with Crippen LogP contribution in [0.2, 0.25) is 25.7 Å². The number of carbonyl (C=O) groups excluding carboxylic acids is 1. The highest BCUT2D eigenvalue weighted by Gasteiger charge is 2.47. The molecule has 1 aliphatic carbocycles. The van der Waals surface area contributed by atoms with E-state index in [4.69, 9.17) is 14.2 Å². The fraction of sp³-hybridized carbons (Fsp3) is 0.724. The number of carbonyl (C=O) groups is 1. The minimum atomic E-state index is -1.19. The average Bonchev–Trinajstić information content (AvgIpc) is 3.07. The molecule has 10 heteroatoms. The molecule has 1 saturated heterocycles. The number of nitrogens with zero attached hydrogens (tertiary/aromatic N) is 4. The fourth-order valence-electron chi connectivity index (χ4n) is 5.74. The van der Waals surface area contributed by atoms with Crippen LogP contribution in [0.5, 0.6) is 0 Å². The monoisotopic (exact) mass is 560 g/mol. The van der Waals surface area contributed by atoms with E-state index in [1.165, 1.54) is 5.56 Å². The third-order valence-corrected chi connectivity index (χ3v) is 9.76. The van der Waals surface area contributed by atoms with Gasteiger partial charge in [0.15, 0.2) is 0 Å². The number of amides is 1. The zero-order valence-corrected chi connectivity index (χ0v) is 26.2. The second kappa shape index (κ2) is 11.4. The summed E-state index contributed by atoms with van der Waals surface area (Å²) in [6.45, 7) is 17.4. The maximum atomic E-state index is 13.1. The van der Waals surface area contributed by atoms with Crippen LogP contribution >= 0.6 is 0 Å². The molecule has 39 heavy (non-hydrogen) atoms. The number of rotatable bonds is 9. The first-order valence-corrected chi connectivity index (χ1v) is 17.9. The highest BCUT2D eigenvalue weighted by atomic mass is 28.3. The zero-order chi connectivity index (χ0) is 28.6. The van der Waals surface area contributed by atoms with Gasteiger partial charge in [0.1, 0.15) is 12.3 Å². The van der Waals surface area contributed by atoms with Gasteiger partial charge in [0, 0.05) is 61.6 Å². The molecule has 1 aliphatic heterocycles. The quantitative estimate of drug-likeness (QED) is 0.333. The third kappa shape index (κ3) is 6.96. The van der Waals surface area contributed by atoms with Crippen LogP contribution in [-0.2, 0) is 28.0 Å². The first-order valence-electron chi connectivity index (χ1n) is 14.2. The molecule has 9 nitrogen and oxygen atoms in total. The van der Waals surface area contributed by atoms with Crippen LogP contribution in [0.1, 0.15) is 45.1 Å². The van der Waals surface area contributed by atoms with Crippen molar-refractivity contribution in [2.45, 2.75) is 83.1 Å². The lowest BCUT2D eigenvalue weighted by Gasteiger charge is -2.50. The Kier molecular flexibility index (Phi) is 8.71. The minimum Gasteiger partial charge on any atom is -0.444 e. The predicted molar refractivity (Wildman–Crippen MR) is 157 cm³/mol. The molecule has 0 N–H and O–H groups in total. The summed E-state index contributed by atoms with van der Waals surface area (Å²) in [5, 5.41) is 0. The maximum absolute atomic E-state index is 13.1. The van der Waals surface area contributed by atoms with Gasteiger partial charge in [-0.1, -0.05) is 31.8 Å². The van der Waals surface area contributed by atoms with E-state index >= 15 is 0 Å². The van der Waals surface area contributed by atoms with Crippen molar-refractivity contribution in [3.63, 3.8) is 0 Å². The molecule has 1 aromatic heterocycles. The highest BCUT2D eigenvalue weighted by Crippen LogP contribution is 2.48. The van der Waals surface area contributed by atoms with Gasteiger partial charge >= 0.3 is 11.8 Å². The molecule has 0 unspecified atom stereocenters. The summed E-state index contributed by atoms with van der Waals surface area (Å²) < 4.78 is 21.1. The van der Waals surface area contributed by atoms with Crippen molar-refractivity contribution in [2.24, 2.45) is 7.05 Å². The molecule has 4 rings (SSSR count). The summed E-state index contributed by atoms with van der Waals surface area (Å²) in [5.74, 6) is 0.325. The molecular weight excluding hydrogens is 512 g/mol.